The maximum Gasteiger partial charge on any atom is 0.339 e. The number of fused-ring (bicyclic) bond motifs is 1. The molecule has 0 unspecified atom stereocenters. The molecule has 9 heteroatoms. The van der Waals surface area contributed by atoms with Crippen molar-refractivity contribution in [2.75, 3.05) is 29.9 Å². The maximum atomic E-state index is 13.0. The normalized spacial score (nSPS) is 13.5. The molecule has 180 valence electrons. The summed E-state index contributed by atoms with van der Waals surface area (Å²) in [5.41, 5.74) is 3.10. The van der Waals surface area contributed by atoms with Gasteiger partial charge in [0.25, 0.3) is 5.91 Å². The summed E-state index contributed by atoms with van der Waals surface area (Å²) in [5.74, 6) is -0.526. The Bertz CT molecular complexity index is 1340. The highest BCUT2D eigenvalue weighted by Crippen LogP contribution is 2.27. The molecule has 9 nitrogen and oxygen atoms in total. The zero-order valence-corrected chi connectivity index (χ0v) is 19.7. The molecule has 1 saturated heterocycles. The predicted molar refractivity (Wildman–Crippen MR) is 132 cm³/mol. The fourth-order valence-electron chi connectivity index (χ4n) is 4.25. The van der Waals surface area contributed by atoms with E-state index in [1.165, 1.54) is 12.8 Å². The fourth-order valence-corrected chi connectivity index (χ4v) is 4.25. The van der Waals surface area contributed by atoms with Crippen molar-refractivity contribution in [1.82, 2.24) is 14.8 Å². The summed E-state index contributed by atoms with van der Waals surface area (Å²) < 4.78 is 12.6. The van der Waals surface area contributed by atoms with E-state index < -0.39 is 18.5 Å². The van der Waals surface area contributed by atoms with Gasteiger partial charge >= 0.3 is 5.97 Å². The smallest absolute Gasteiger partial charge is 0.339 e. The monoisotopic (exact) mass is 473 g/mol. The van der Waals surface area contributed by atoms with Crippen molar-refractivity contribution < 1.29 is 18.7 Å². The van der Waals surface area contributed by atoms with E-state index in [0.29, 0.717) is 28.2 Å². The number of esters is 1. The molecular formula is C26H27N5O4. The Hall–Kier alpha value is -4.14. The lowest BCUT2D eigenvalue weighted by molar-refractivity contribution is -0.119. The van der Waals surface area contributed by atoms with E-state index in [-0.39, 0.29) is 11.6 Å². The quantitative estimate of drug-likeness (QED) is 0.389. The van der Waals surface area contributed by atoms with E-state index in [1.807, 2.05) is 38.1 Å². The molecule has 0 aliphatic carbocycles. The van der Waals surface area contributed by atoms with Gasteiger partial charge in [0, 0.05) is 30.5 Å². The molecule has 4 aromatic rings. The molecule has 0 saturated carbocycles. The minimum atomic E-state index is -0.631. The molecule has 3 aromatic heterocycles. The average Bonchev–Trinajstić information content (AvgIpc) is 3.63. The first kappa shape index (κ1) is 22.6. The van der Waals surface area contributed by atoms with Gasteiger partial charge in [-0.05, 0) is 69.2 Å². The summed E-state index contributed by atoms with van der Waals surface area (Å²) in [7, 11) is 0. The molecule has 4 heterocycles. The average molecular weight is 474 g/mol. The van der Waals surface area contributed by atoms with Crippen LogP contribution in [0.4, 0.5) is 11.4 Å². The van der Waals surface area contributed by atoms with Crippen molar-refractivity contribution >= 4 is 34.3 Å². The molecule has 1 aromatic carbocycles. The first-order valence-corrected chi connectivity index (χ1v) is 11.7. The van der Waals surface area contributed by atoms with Crippen LogP contribution in [0.25, 0.3) is 22.5 Å². The summed E-state index contributed by atoms with van der Waals surface area (Å²) in [6.45, 7) is 5.66. The SMILES string of the molecule is CC(C)n1ncc2c(C(=O)OCC(=O)Nc3ccc(N4CCCC4)cc3)cc(-c3ccco3)nc21. The highest BCUT2D eigenvalue weighted by Gasteiger charge is 2.21. The standard InChI is InChI=1S/C26H27N5O4/c1-17(2)31-25-21(15-27-31)20(14-22(29-25)23-6-5-13-34-23)26(33)35-16-24(32)28-18-7-9-19(10-8-18)30-11-3-4-12-30/h5-10,13-15,17H,3-4,11-12,16H2,1-2H3,(H,28,32). The second-order valence-electron chi connectivity index (χ2n) is 8.82. The summed E-state index contributed by atoms with van der Waals surface area (Å²) in [6, 6.07) is 12.9. The van der Waals surface area contributed by atoms with Gasteiger partial charge in [-0.1, -0.05) is 0 Å². The Morgan fingerprint density at radius 3 is 2.60 bits per heavy atom. The minimum Gasteiger partial charge on any atom is -0.463 e. The Morgan fingerprint density at radius 1 is 1.14 bits per heavy atom. The predicted octanol–water partition coefficient (Wildman–Crippen LogP) is 4.67. The number of pyridine rings is 1. The zero-order valence-electron chi connectivity index (χ0n) is 19.7. The number of benzene rings is 1. The third kappa shape index (κ3) is 4.75. The third-order valence-electron chi connectivity index (χ3n) is 6.01. The molecule has 35 heavy (non-hydrogen) atoms. The molecular weight excluding hydrogens is 446 g/mol. The van der Waals surface area contributed by atoms with E-state index in [9.17, 15) is 9.59 Å². The van der Waals surface area contributed by atoms with Crippen molar-refractivity contribution in [3.8, 4) is 11.5 Å². The van der Waals surface area contributed by atoms with Crippen molar-refractivity contribution in [3.05, 3.63) is 60.5 Å². The van der Waals surface area contributed by atoms with Crippen molar-refractivity contribution in [3.63, 3.8) is 0 Å². The Kier molecular flexibility index (Phi) is 6.22. The Morgan fingerprint density at radius 2 is 1.91 bits per heavy atom. The van der Waals surface area contributed by atoms with Crippen LogP contribution in [0.15, 0.2) is 59.3 Å². The summed E-state index contributed by atoms with van der Waals surface area (Å²) in [6.07, 6.45) is 5.54. The Balaban J connectivity index is 1.30. The van der Waals surface area contributed by atoms with Crippen LogP contribution in [-0.2, 0) is 9.53 Å². The van der Waals surface area contributed by atoms with Crippen molar-refractivity contribution in [2.24, 2.45) is 0 Å². The van der Waals surface area contributed by atoms with E-state index in [1.54, 1.807) is 35.3 Å². The number of ether oxygens (including phenoxy) is 1. The minimum absolute atomic E-state index is 0.0401. The van der Waals surface area contributed by atoms with E-state index >= 15 is 0 Å². The first-order chi connectivity index (χ1) is 17.0. The van der Waals surface area contributed by atoms with Crippen LogP contribution in [-0.4, -0.2) is 46.3 Å². The third-order valence-corrected chi connectivity index (χ3v) is 6.01. The second kappa shape index (κ2) is 9.61. The van der Waals surface area contributed by atoms with Crippen molar-refractivity contribution in [1.29, 1.82) is 0 Å². The van der Waals surface area contributed by atoms with Gasteiger partial charge in [-0.2, -0.15) is 5.10 Å². The second-order valence-corrected chi connectivity index (χ2v) is 8.82. The van der Waals surface area contributed by atoms with Gasteiger partial charge in [-0.15, -0.1) is 0 Å². The van der Waals surface area contributed by atoms with Crippen LogP contribution in [0, 0.1) is 0 Å². The van der Waals surface area contributed by atoms with E-state index in [2.05, 4.69) is 20.3 Å². The highest BCUT2D eigenvalue weighted by molar-refractivity contribution is 6.04. The lowest BCUT2D eigenvalue weighted by Crippen LogP contribution is -2.21. The number of anilines is 2. The van der Waals surface area contributed by atoms with Crippen LogP contribution in [0.3, 0.4) is 0 Å². The van der Waals surface area contributed by atoms with Crippen LogP contribution in [0.2, 0.25) is 0 Å². The van der Waals surface area contributed by atoms with Crippen LogP contribution in [0.1, 0.15) is 43.1 Å². The lowest BCUT2D eigenvalue weighted by atomic mass is 10.1. The maximum absolute atomic E-state index is 13.0. The van der Waals surface area contributed by atoms with Crippen LogP contribution < -0.4 is 10.2 Å². The number of nitrogens with one attached hydrogen (secondary N) is 1. The molecule has 0 atom stereocenters. The van der Waals surface area contributed by atoms with Gasteiger partial charge in [0.15, 0.2) is 18.0 Å². The van der Waals surface area contributed by atoms with Gasteiger partial charge in [-0.25, -0.2) is 14.5 Å². The summed E-state index contributed by atoms with van der Waals surface area (Å²) in [5, 5.41) is 7.71. The highest BCUT2D eigenvalue weighted by atomic mass is 16.5. The number of amides is 1. The molecule has 1 aliphatic rings. The lowest BCUT2D eigenvalue weighted by Gasteiger charge is -2.17. The van der Waals surface area contributed by atoms with Gasteiger partial charge in [0.1, 0.15) is 5.69 Å². The van der Waals surface area contributed by atoms with Gasteiger partial charge < -0.3 is 19.4 Å². The summed E-state index contributed by atoms with van der Waals surface area (Å²) in [4.78, 5) is 32.4. The number of furan rings is 1. The zero-order chi connectivity index (χ0) is 24.4. The molecule has 1 aliphatic heterocycles. The topological polar surface area (TPSA) is 102 Å². The number of nitrogens with zero attached hydrogens (tertiary/aromatic N) is 4. The molecule has 1 fully saturated rings. The largest absolute Gasteiger partial charge is 0.463 e. The van der Waals surface area contributed by atoms with Crippen molar-refractivity contribution in [2.45, 2.75) is 32.7 Å². The summed E-state index contributed by atoms with van der Waals surface area (Å²) >= 11 is 0. The Labute approximate surface area is 202 Å². The number of hydrogen-bond acceptors (Lipinski definition) is 7. The first-order valence-electron chi connectivity index (χ1n) is 11.7. The number of carbonyl (C=O) groups excluding carboxylic acids is 2. The van der Waals surface area contributed by atoms with E-state index in [0.717, 1.165) is 18.8 Å². The molecule has 5 rings (SSSR count). The number of aromatic nitrogens is 3. The van der Waals surface area contributed by atoms with Gasteiger partial charge in [-0.3, -0.25) is 4.79 Å². The molecule has 1 amide bonds. The van der Waals surface area contributed by atoms with Crippen LogP contribution >= 0.6 is 0 Å². The van der Waals surface area contributed by atoms with Gasteiger partial charge in [0.05, 0.1) is 23.4 Å². The molecule has 0 spiro atoms. The van der Waals surface area contributed by atoms with Crippen LogP contribution in [0.5, 0.6) is 0 Å². The van der Waals surface area contributed by atoms with E-state index in [4.69, 9.17) is 9.15 Å². The van der Waals surface area contributed by atoms with Gasteiger partial charge in [0.2, 0.25) is 0 Å². The fraction of sp³-hybridized carbons (Fsp3) is 0.308. The molecule has 0 radical (unpaired) electrons. The molecule has 0 bridgehead atoms. The number of hydrogen-bond donors (Lipinski definition) is 1. The number of rotatable bonds is 7. The molecule has 1 N–H and O–H groups in total. The number of carbonyl (C=O) groups is 2.